The number of esters is 1. The van der Waals surface area contributed by atoms with Crippen molar-refractivity contribution in [1.29, 1.82) is 0 Å². The summed E-state index contributed by atoms with van der Waals surface area (Å²) >= 11 is 4.26. The molecule has 0 aliphatic carbocycles. The van der Waals surface area contributed by atoms with Crippen LogP contribution < -0.4 is 0 Å². The molecule has 1 aliphatic heterocycles. The maximum atomic E-state index is 11.0. The monoisotopic (exact) mass is 238 g/mol. The van der Waals surface area contributed by atoms with Crippen LogP contribution in [-0.2, 0) is 13.7 Å². The molecule has 0 N–H and O–H groups in total. The molecular formula is C6H7BrO3S. The largest absolute Gasteiger partial charge is 0.462 e. The SMILES string of the molecule is CCOC(=O)C1=C(Br)COS1. The Morgan fingerprint density at radius 2 is 2.64 bits per heavy atom. The molecule has 62 valence electrons. The van der Waals surface area contributed by atoms with Gasteiger partial charge in [0.05, 0.1) is 13.2 Å². The van der Waals surface area contributed by atoms with Gasteiger partial charge in [-0.25, -0.2) is 4.79 Å². The van der Waals surface area contributed by atoms with E-state index in [0.29, 0.717) is 18.1 Å². The van der Waals surface area contributed by atoms with Gasteiger partial charge in [-0.3, -0.25) is 0 Å². The molecule has 0 bridgehead atoms. The fraction of sp³-hybridized carbons (Fsp3) is 0.500. The van der Waals surface area contributed by atoms with Crippen LogP contribution in [0.15, 0.2) is 9.39 Å². The quantitative estimate of drug-likeness (QED) is 0.544. The van der Waals surface area contributed by atoms with E-state index in [1.54, 1.807) is 6.92 Å². The van der Waals surface area contributed by atoms with Crippen molar-refractivity contribution >= 4 is 33.9 Å². The Morgan fingerprint density at radius 3 is 3.09 bits per heavy atom. The topological polar surface area (TPSA) is 35.5 Å². The van der Waals surface area contributed by atoms with Crippen molar-refractivity contribution in [3.8, 4) is 0 Å². The Morgan fingerprint density at radius 1 is 1.91 bits per heavy atom. The molecule has 5 heteroatoms. The average molecular weight is 239 g/mol. The van der Waals surface area contributed by atoms with Gasteiger partial charge in [0.15, 0.2) is 0 Å². The number of rotatable bonds is 2. The molecule has 0 aromatic heterocycles. The van der Waals surface area contributed by atoms with Gasteiger partial charge in [-0.2, -0.15) is 0 Å². The smallest absolute Gasteiger partial charge is 0.347 e. The van der Waals surface area contributed by atoms with E-state index in [1.165, 1.54) is 0 Å². The predicted octanol–water partition coefficient (Wildman–Crippen LogP) is 1.83. The molecule has 3 nitrogen and oxygen atoms in total. The molecule has 0 atom stereocenters. The molecule has 0 unspecified atom stereocenters. The summed E-state index contributed by atoms with van der Waals surface area (Å²) in [6, 6.07) is 0. The zero-order valence-corrected chi connectivity index (χ0v) is 8.33. The van der Waals surface area contributed by atoms with Gasteiger partial charge in [0.25, 0.3) is 0 Å². The van der Waals surface area contributed by atoms with E-state index < -0.39 is 0 Å². The Kier molecular flexibility index (Phi) is 3.42. The third kappa shape index (κ3) is 2.21. The van der Waals surface area contributed by atoms with E-state index >= 15 is 0 Å². The molecule has 1 heterocycles. The Hall–Kier alpha value is -0.0000000000000000555. The lowest BCUT2D eigenvalue weighted by Crippen LogP contribution is -2.04. The number of ether oxygens (including phenoxy) is 1. The maximum absolute atomic E-state index is 11.0. The van der Waals surface area contributed by atoms with E-state index in [0.717, 1.165) is 16.5 Å². The van der Waals surface area contributed by atoms with Gasteiger partial charge in [-0.1, -0.05) is 15.9 Å². The minimum atomic E-state index is -0.318. The number of halogens is 1. The van der Waals surface area contributed by atoms with Crippen molar-refractivity contribution in [2.75, 3.05) is 13.2 Å². The third-order valence-electron chi connectivity index (χ3n) is 1.04. The highest BCUT2D eigenvalue weighted by Gasteiger charge is 2.22. The third-order valence-corrected chi connectivity index (χ3v) is 2.74. The lowest BCUT2D eigenvalue weighted by atomic mass is 10.5. The highest BCUT2D eigenvalue weighted by molar-refractivity contribution is 9.11. The fourth-order valence-corrected chi connectivity index (χ4v) is 1.79. The molecule has 0 saturated heterocycles. The zero-order chi connectivity index (χ0) is 8.27. The molecule has 0 saturated carbocycles. The van der Waals surface area contributed by atoms with Crippen LogP contribution in [0, 0.1) is 0 Å². The zero-order valence-electron chi connectivity index (χ0n) is 5.93. The molecule has 0 fully saturated rings. The summed E-state index contributed by atoms with van der Waals surface area (Å²) in [4.78, 5) is 11.6. The van der Waals surface area contributed by atoms with Crippen molar-refractivity contribution in [2.24, 2.45) is 0 Å². The summed E-state index contributed by atoms with van der Waals surface area (Å²) in [5, 5.41) is 0. The molecule has 1 rings (SSSR count). The van der Waals surface area contributed by atoms with Gasteiger partial charge in [-0.05, 0) is 6.92 Å². The van der Waals surface area contributed by atoms with Crippen molar-refractivity contribution in [3.63, 3.8) is 0 Å². The summed E-state index contributed by atoms with van der Waals surface area (Å²) in [6.45, 7) is 2.61. The number of carbonyl (C=O) groups excluding carboxylic acids is 1. The second-order valence-electron chi connectivity index (χ2n) is 1.80. The predicted molar refractivity (Wildman–Crippen MR) is 46.1 cm³/mol. The minimum absolute atomic E-state index is 0.318. The molecule has 0 spiro atoms. The van der Waals surface area contributed by atoms with E-state index in [9.17, 15) is 4.79 Å². The maximum Gasteiger partial charge on any atom is 0.347 e. The summed E-state index contributed by atoms with van der Waals surface area (Å²) in [7, 11) is 0. The summed E-state index contributed by atoms with van der Waals surface area (Å²) in [5.74, 6) is -0.318. The molecule has 1 aliphatic rings. The molecule has 11 heavy (non-hydrogen) atoms. The van der Waals surface area contributed by atoms with Gasteiger partial charge in [-0.15, -0.1) is 0 Å². The molecular weight excluding hydrogens is 232 g/mol. The highest BCUT2D eigenvalue weighted by Crippen LogP contribution is 2.33. The lowest BCUT2D eigenvalue weighted by Gasteiger charge is -1.99. The van der Waals surface area contributed by atoms with Crippen LogP contribution in [0.3, 0.4) is 0 Å². The van der Waals surface area contributed by atoms with Crippen molar-refractivity contribution in [2.45, 2.75) is 6.92 Å². The highest BCUT2D eigenvalue weighted by atomic mass is 79.9. The molecule has 0 aromatic carbocycles. The van der Waals surface area contributed by atoms with Gasteiger partial charge in [0.1, 0.15) is 4.91 Å². The minimum Gasteiger partial charge on any atom is -0.462 e. The van der Waals surface area contributed by atoms with Crippen molar-refractivity contribution in [3.05, 3.63) is 9.39 Å². The molecule has 0 amide bonds. The standard InChI is InChI=1S/C6H7BrO3S/c1-2-9-6(8)5-4(7)3-10-11-5/h2-3H2,1H3. The fourth-order valence-electron chi connectivity index (χ4n) is 0.592. The first-order chi connectivity index (χ1) is 5.25. The summed E-state index contributed by atoms with van der Waals surface area (Å²) in [5.41, 5.74) is 0. The van der Waals surface area contributed by atoms with Crippen LogP contribution in [0.25, 0.3) is 0 Å². The van der Waals surface area contributed by atoms with Crippen LogP contribution in [0.1, 0.15) is 6.92 Å². The number of hydrogen-bond donors (Lipinski definition) is 0. The second-order valence-corrected chi connectivity index (χ2v) is 3.57. The van der Waals surface area contributed by atoms with Gasteiger partial charge >= 0.3 is 5.97 Å². The number of hydrogen-bond acceptors (Lipinski definition) is 4. The Bertz CT molecular complexity index is 202. The Balaban J connectivity index is 2.59. The van der Waals surface area contributed by atoms with Crippen molar-refractivity contribution < 1.29 is 13.7 Å². The van der Waals surface area contributed by atoms with Crippen LogP contribution in [0.5, 0.6) is 0 Å². The lowest BCUT2D eigenvalue weighted by molar-refractivity contribution is -0.137. The normalized spacial score (nSPS) is 17.3. The first-order valence-corrected chi connectivity index (χ1v) is 4.64. The Labute approximate surface area is 77.5 Å². The molecule has 0 aromatic rings. The average Bonchev–Trinajstić information content (AvgIpc) is 2.36. The van der Waals surface area contributed by atoms with E-state index in [-0.39, 0.29) is 5.97 Å². The van der Waals surface area contributed by atoms with Gasteiger partial charge < -0.3 is 8.92 Å². The van der Waals surface area contributed by atoms with E-state index in [2.05, 4.69) is 15.9 Å². The number of carbonyl (C=O) groups is 1. The summed E-state index contributed by atoms with van der Waals surface area (Å²) < 4.78 is 10.5. The van der Waals surface area contributed by atoms with Gasteiger partial charge in [0, 0.05) is 16.5 Å². The van der Waals surface area contributed by atoms with Crippen LogP contribution in [0.4, 0.5) is 0 Å². The first kappa shape index (κ1) is 9.09. The van der Waals surface area contributed by atoms with Crippen LogP contribution in [-0.4, -0.2) is 19.2 Å². The van der Waals surface area contributed by atoms with E-state index in [1.807, 2.05) is 0 Å². The summed E-state index contributed by atoms with van der Waals surface area (Å²) in [6.07, 6.45) is 0. The van der Waals surface area contributed by atoms with E-state index in [4.69, 9.17) is 8.92 Å². The van der Waals surface area contributed by atoms with Crippen LogP contribution >= 0.6 is 28.0 Å². The van der Waals surface area contributed by atoms with Crippen molar-refractivity contribution in [1.82, 2.24) is 0 Å². The van der Waals surface area contributed by atoms with Gasteiger partial charge in [0.2, 0.25) is 0 Å². The second kappa shape index (κ2) is 4.13. The first-order valence-electron chi connectivity index (χ1n) is 3.11. The van der Waals surface area contributed by atoms with Crippen LogP contribution in [0.2, 0.25) is 0 Å². The molecule has 0 radical (unpaired) electrons.